The van der Waals surface area contributed by atoms with Gasteiger partial charge in [-0.15, -0.1) is 0 Å². The van der Waals surface area contributed by atoms with E-state index in [1.54, 1.807) is 0 Å². The first-order chi connectivity index (χ1) is 2.00. The summed E-state index contributed by atoms with van der Waals surface area (Å²) in [7, 11) is -5.39. The van der Waals surface area contributed by atoms with Gasteiger partial charge in [0.1, 0.15) is 0 Å². The molecule has 0 saturated heterocycles. The molecule has 22 N–H and O–H groups in total. The van der Waals surface area contributed by atoms with E-state index in [-0.39, 0.29) is 55.8 Å². The van der Waals surface area contributed by atoms with E-state index in [0.29, 0.717) is 0 Å². The van der Waals surface area contributed by atoms with Crippen LogP contribution >= 0.6 is 7.82 Å². The Kier molecular flexibility index (Phi) is 328. The molecule has 95 valence electrons. The van der Waals surface area contributed by atoms with Crippen molar-refractivity contribution in [2.45, 2.75) is 0 Å². The maximum atomic E-state index is 8.55. The normalized spacial score (nSPS) is 4.54. The fourth-order valence-electron chi connectivity index (χ4n) is 0. The van der Waals surface area contributed by atoms with Crippen LogP contribution in [0.3, 0.4) is 0 Å². The Morgan fingerprint density at radius 3 is 0.692 bits per heavy atom. The van der Waals surface area contributed by atoms with Gasteiger partial charge in [0.25, 0.3) is 0 Å². The average Bonchev–Trinajstić information content (AvgIpc) is 0.722. The number of hydrogen-bond acceptors (Lipinski definition) is 4. The van der Waals surface area contributed by atoms with Gasteiger partial charge in [0.2, 0.25) is 0 Å². The van der Waals surface area contributed by atoms with Gasteiger partial charge in [-0.3, -0.25) is 0 Å². The summed E-state index contributed by atoms with van der Waals surface area (Å²) in [6, 6.07) is 0. The first kappa shape index (κ1) is 108. The minimum absolute atomic E-state index is 0. The van der Waals surface area contributed by atoms with Crippen LogP contribution in [0.25, 0.3) is 0 Å². The number of phosphoric acid groups is 1. The van der Waals surface area contributed by atoms with Crippen molar-refractivity contribution in [3.8, 4) is 0 Å². The molecule has 0 unspecified atom stereocenters. The van der Waals surface area contributed by atoms with Crippen LogP contribution in [0.4, 0.5) is 0 Å². The standard InChI is InChI=1S/Co.H3N.H3O4P.6H2O/c;;1-5(2,3)4;;;;;;/h;1H3;(H3,1,2,3,4);6*1H2/q+2;;;;;;;;/p+4. The quantitative estimate of drug-likeness (QED) is 0.334. The summed E-state index contributed by atoms with van der Waals surface area (Å²) in [6.07, 6.45) is 0. The molecule has 1 radical (unpaired) electrons. The molecular weight excluding hydrogens is 264 g/mol. The van der Waals surface area contributed by atoms with E-state index in [4.69, 9.17) is 19.2 Å². The number of quaternary nitrogens is 1. The predicted octanol–water partition coefficient (Wildman–Crippen LogP) is -7.98. The van der Waals surface area contributed by atoms with Crippen LogP contribution in [0.5, 0.6) is 0 Å². The molecule has 0 aliphatic carbocycles. The maximum absolute atomic E-state index is 8.55. The largest absolute Gasteiger partial charge is 2.00 e. The zero-order chi connectivity index (χ0) is 4.50. The second-order valence-electron chi connectivity index (χ2n) is 0.447. The summed E-state index contributed by atoms with van der Waals surface area (Å²) in [5.41, 5.74) is 0. The number of hydrogen-bond donors (Lipinski definition) is 1. The monoisotopic (exact) mass is 286 g/mol. The second kappa shape index (κ2) is 39.5. The van der Waals surface area contributed by atoms with E-state index >= 15 is 0 Å². The zero-order valence-electron chi connectivity index (χ0n) is 6.88. The van der Waals surface area contributed by atoms with Crippen molar-refractivity contribution in [2.75, 3.05) is 0 Å². The number of rotatable bonds is 0. The molecule has 0 rings (SSSR count). The van der Waals surface area contributed by atoms with Crippen LogP contribution in [0, 0.1) is 0 Å². The molecule has 0 heterocycles. The van der Waals surface area contributed by atoms with E-state index in [9.17, 15) is 0 Å². The van der Waals surface area contributed by atoms with Crippen molar-refractivity contribution in [3.63, 3.8) is 0 Å². The van der Waals surface area contributed by atoms with Crippen LogP contribution in [0.2, 0.25) is 0 Å². The zero-order valence-corrected chi connectivity index (χ0v) is 8.81. The minimum atomic E-state index is -5.39. The van der Waals surface area contributed by atoms with Crippen LogP contribution in [-0.4, -0.2) is 0 Å². The van der Waals surface area contributed by atoms with Gasteiger partial charge < -0.3 is 58.3 Å². The summed E-state index contributed by atoms with van der Waals surface area (Å²) in [5, 5.41) is 0. The van der Waals surface area contributed by atoms with Crippen LogP contribution < -0.4 is 20.8 Å². The van der Waals surface area contributed by atoms with Gasteiger partial charge in [0.15, 0.2) is 0 Å². The van der Waals surface area contributed by atoms with Gasteiger partial charge in [0.05, 0.1) is 0 Å². The average molecular weight is 286 g/mol. The molecular formula is H22CoNO10P+6. The molecule has 0 spiro atoms. The topological polar surface area (TPSA) is 321 Å². The first-order valence-corrected chi connectivity index (χ1v) is 2.19. The Morgan fingerprint density at radius 2 is 0.692 bits per heavy atom. The molecule has 0 atom stereocenters. The fourth-order valence-corrected chi connectivity index (χ4v) is 0. The molecule has 0 amide bonds. The molecule has 13 heteroatoms. The van der Waals surface area contributed by atoms with Gasteiger partial charge >= 0.3 is 16.8 Å². The van der Waals surface area contributed by atoms with Crippen molar-refractivity contribution in [1.29, 1.82) is 0 Å². The van der Waals surface area contributed by atoms with Crippen LogP contribution in [0.1, 0.15) is 0 Å². The summed E-state index contributed by atoms with van der Waals surface area (Å²) >= 11 is 0. The first-order valence-electron chi connectivity index (χ1n) is 0.730. The predicted molar refractivity (Wildman–Crippen MR) is 42.8 cm³/mol. The summed E-state index contributed by atoms with van der Waals surface area (Å²) in [6.45, 7) is 0. The third kappa shape index (κ3) is 11600. The third-order valence-corrected chi connectivity index (χ3v) is 0. The molecule has 0 aliphatic heterocycles. The Labute approximate surface area is 83.6 Å². The van der Waals surface area contributed by atoms with Crippen molar-refractivity contribution in [3.05, 3.63) is 0 Å². The molecule has 0 aromatic rings. The Bertz CT molecular complexity index is 61.1. The third-order valence-electron chi connectivity index (χ3n) is 0. The Morgan fingerprint density at radius 1 is 0.692 bits per heavy atom. The van der Waals surface area contributed by atoms with E-state index in [0.717, 1.165) is 0 Å². The van der Waals surface area contributed by atoms with Crippen molar-refractivity contribution >= 4 is 7.82 Å². The molecule has 0 aromatic carbocycles. The molecule has 0 saturated carbocycles. The minimum Gasteiger partial charge on any atom is -0.822 e. The van der Waals surface area contributed by atoms with E-state index in [1.807, 2.05) is 0 Å². The van der Waals surface area contributed by atoms with E-state index in [2.05, 4.69) is 0 Å². The molecule has 0 aliphatic rings. The fraction of sp³-hybridized carbons (Fsp3) is 0. The van der Waals surface area contributed by atoms with Gasteiger partial charge in [-0.2, -0.15) is 7.82 Å². The van der Waals surface area contributed by atoms with Gasteiger partial charge in [-0.25, -0.2) is 0 Å². The SMILES string of the molecule is O=P([O-])([O-])[O-].[Co+2].[NH4+].[OH3+].[OH3+].[OH3+].[OH3+].[OH3+].[OH3+]. The summed E-state index contributed by atoms with van der Waals surface area (Å²) in [5.74, 6) is 0. The van der Waals surface area contributed by atoms with Crippen LogP contribution in [-0.2, 0) is 54.2 Å². The maximum Gasteiger partial charge on any atom is 2.00 e. The van der Waals surface area contributed by atoms with Gasteiger partial charge in [0, 0.05) is 0 Å². The van der Waals surface area contributed by atoms with Crippen molar-refractivity contribution < 1.29 is 68.9 Å². The van der Waals surface area contributed by atoms with Gasteiger partial charge in [-0.1, -0.05) is 0 Å². The van der Waals surface area contributed by atoms with Crippen molar-refractivity contribution in [2.24, 2.45) is 0 Å². The molecule has 0 aromatic heterocycles. The van der Waals surface area contributed by atoms with E-state index in [1.165, 1.54) is 0 Å². The summed E-state index contributed by atoms with van der Waals surface area (Å²) < 4.78 is 8.55. The Balaban J connectivity index is -0.00000000286. The van der Waals surface area contributed by atoms with E-state index < -0.39 is 7.82 Å². The smallest absolute Gasteiger partial charge is 0.822 e. The van der Waals surface area contributed by atoms with Gasteiger partial charge in [-0.05, 0) is 0 Å². The molecule has 11 nitrogen and oxygen atoms in total. The molecule has 0 fully saturated rings. The Hall–Kier alpha value is 0.336. The molecule has 13 heavy (non-hydrogen) atoms. The van der Waals surface area contributed by atoms with Crippen LogP contribution in [0.15, 0.2) is 0 Å². The summed E-state index contributed by atoms with van der Waals surface area (Å²) in [4.78, 5) is 25.6. The second-order valence-corrected chi connectivity index (χ2v) is 1.34. The van der Waals surface area contributed by atoms with Crippen molar-refractivity contribution in [1.82, 2.24) is 6.15 Å². The molecule has 0 bridgehead atoms.